The molecule has 0 aromatic carbocycles. The van der Waals surface area contributed by atoms with E-state index < -0.39 is 0 Å². The SMILES string of the molecule is CCCNC1CCCC(c2cncc(C)c2)C1. The molecule has 0 aliphatic heterocycles. The highest BCUT2D eigenvalue weighted by Crippen LogP contribution is 2.32. The topological polar surface area (TPSA) is 24.9 Å². The molecule has 2 nitrogen and oxygen atoms in total. The summed E-state index contributed by atoms with van der Waals surface area (Å²) in [5.74, 6) is 0.713. The van der Waals surface area contributed by atoms with Gasteiger partial charge in [0.1, 0.15) is 0 Å². The van der Waals surface area contributed by atoms with Crippen LogP contribution in [0.3, 0.4) is 0 Å². The van der Waals surface area contributed by atoms with Crippen molar-refractivity contribution in [1.29, 1.82) is 0 Å². The minimum absolute atomic E-state index is 0.713. The summed E-state index contributed by atoms with van der Waals surface area (Å²) < 4.78 is 0. The van der Waals surface area contributed by atoms with Gasteiger partial charge in [0, 0.05) is 18.4 Å². The third-order valence-corrected chi connectivity index (χ3v) is 3.72. The summed E-state index contributed by atoms with van der Waals surface area (Å²) in [6.45, 7) is 5.52. The average Bonchev–Trinajstić information content (AvgIpc) is 2.37. The van der Waals surface area contributed by atoms with E-state index in [2.05, 4.69) is 36.4 Å². The maximum absolute atomic E-state index is 4.33. The molecule has 2 atom stereocenters. The fraction of sp³-hybridized carbons (Fsp3) is 0.667. The number of rotatable bonds is 4. The van der Waals surface area contributed by atoms with Gasteiger partial charge < -0.3 is 5.32 Å². The van der Waals surface area contributed by atoms with Crippen molar-refractivity contribution < 1.29 is 0 Å². The average molecular weight is 232 g/mol. The fourth-order valence-corrected chi connectivity index (χ4v) is 2.83. The Balaban J connectivity index is 1.97. The summed E-state index contributed by atoms with van der Waals surface area (Å²) in [4.78, 5) is 4.33. The Labute approximate surface area is 105 Å². The number of nitrogens with zero attached hydrogens (tertiary/aromatic N) is 1. The molecule has 0 amide bonds. The molecule has 1 fully saturated rings. The Kier molecular flexibility index (Phi) is 4.55. The smallest absolute Gasteiger partial charge is 0.0302 e. The number of hydrogen-bond acceptors (Lipinski definition) is 2. The quantitative estimate of drug-likeness (QED) is 0.860. The maximum atomic E-state index is 4.33. The molecule has 17 heavy (non-hydrogen) atoms. The Hall–Kier alpha value is -0.890. The van der Waals surface area contributed by atoms with Crippen molar-refractivity contribution in [3.63, 3.8) is 0 Å². The van der Waals surface area contributed by atoms with Gasteiger partial charge in [-0.15, -0.1) is 0 Å². The predicted octanol–water partition coefficient (Wildman–Crippen LogP) is 3.42. The highest BCUT2D eigenvalue weighted by Gasteiger charge is 2.22. The van der Waals surface area contributed by atoms with Gasteiger partial charge in [-0.05, 0) is 56.2 Å². The monoisotopic (exact) mass is 232 g/mol. The molecule has 0 spiro atoms. The van der Waals surface area contributed by atoms with Gasteiger partial charge in [-0.2, -0.15) is 0 Å². The summed E-state index contributed by atoms with van der Waals surface area (Å²) in [7, 11) is 0. The molecule has 0 bridgehead atoms. The van der Waals surface area contributed by atoms with Gasteiger partial charge in [-0.25, -0.2) is 0 Å². The molecule has 1 aromatic rings. The van der Waals surface area contributed by atoms with E-state index in [-0.39, 0.29) is 0 Å². The lowest BCUT2D eigenvalue weighted by Gasteiger charge is -2.30. The number of pyridine rings is 1. The molecule has 2 unspecified atom stereocenters. The van der Waals surface area contributed by atoms with E-state index in [0.29, 0.717) is 12.0 Å². The van der Waals surface area contributed by atoms with Crippen molar-refractivity contribution in [3.05, 3.63) is 29.6 Å². The number of nitrogens with one attached hydrogen (secondary N) is 1. The number of aromatic nitrogens is 1. The molecule has 2 heteroatoms. The molecule has 1 N–H and O–H groups in total. The summed E-state index contributed by atoms with van der Waals surface area (Å²) in [6.07, 6.45) is 10.5. The van der Waals surface area contributed by atoms with E-state index in [0.717, 1.165) is 6.54 Å². The second kappa shape index (κ2) is 6.15. The lowest BCUT2D eigenvalue weighted by Crippen LogP contribution is -2.34. The van der Waals surface area contributed by atoms with Gasteiger partial charge in [0.15, 0.2) is 0 Å². The highest BCUT2D eigenvalue weighted by atomic mass is 14.9. The van der Waals surface area contributed by atoms with Gasteiger partial charge >= 0.3 is 0 Å². The van der Waals surface area contributed by atoms with Crippen molar-refractivity contribution >= 4 is 0 Å². The summed E-state index contributed by atoms with van der Waals surface area (Å²) >= 11 is 0. The molecular formula is C15H24N2. The van der Waals surface area contributed by atoms with Gasteiger partial charge in [0.05, 0.1) is 0 Å². The minimum atomic E-state index is 0.713. The Morgan fingerprint density at radius 1 is 1.35 bits per heavy atom. The molecule has 1 aromatic heterocycles. The fourth-order valence-electron chi connectivity index (χ4n) is 2.83. The molecule has 1 aliphatic rings. The van der Waals surface area contributed by atoms with Gasteiger partial charge in [-0.3, -0.25) is 4.98 Å². The second-order valence-electron chi connectivity index (χ2n) is 5.31. The molecule has 1 aliphatic carbocycles. The molecule has 1 saturated carbocycles. The van der Waals surface area contributed by atoms with E-state index in [1.807, 2.05) is 6.20 Å². The van der Waals surface area contributed by atoms with E-state index >= 15 is 0 Å². The third-order valence-electron chi connectivity index (χ3n) is 3.72. The number of hydrogen-bond donors (Lipinski definition) is 1. The van der Waals surface area contributed by atoms with Crippen molar-refractivity contribution in [2.75, 3.05) is 6.54 Å². The summed E-state index contributed by atoms with van der Waals surface area (Å²) in [5.41, 5.74) is 2.72. The zero-order chi connectivity index (χ0) is 12.1. The van der Waals surface area contributed by atoms with E-state index in [4.69, 9.17) is 0 Å². The van der Waals surface area contributed by atoms with Crippen LogP contribution in [0.4, 0.5) is 0 Å². The first-order valence-electron chi connectivity index (χ1n) is 6.94. The van der Waals surface area contributed by atoms with Crippen LogP contribution in [0.15, 0.2) is 18.5 Å². The molecule has 0 radical (unpaired) electrons. The predicted molar refractivity (Wildman–Crippen MR) is 72.3 cm³/mol. The Morgan fingerprint density at radius 2 is 2.24 bits per heavy atom. The zero-order valence-corrected chi connectivity index (χ0v) is 11.1. The van der Waals surface area contributed by atoms with Crippen LogP contribution < -0.4 is 5.32 Å². The first-order chi connectivity index (χ1) is 8.29. The van der Waals surface area contributed by atoms with Crippen molar-refractivity contribution in [1.82, 2.24) is 10.3 Å². The van der Waals surface area contributed by atoms with Crippen LogP contribution in [-0.4, -0.2) is 17.6 Å². The van der Waals surface area contributed by atoms with Crippen LogP contribution in [0, 0.1) is 6.92 Å². The first-order valence-corrected chi connectivity index (χ1v) is 6.94. The largest absolute Gasteiger partial charge is 0.314 e. The molecule has 94 valence electrons. The Morgan fingerprint density at radius 3 is 3.00 bits per heavy atom. The summed E-state index contributed by atoms with van der Waals surface area (Å²) in [5, 5.41) is 3.67. The third kappa shape index (κ3) is 3.53. The lowest BCUT2D eigenvalue weighted by atomic mass is 9.81. The van der Waals surface area contributed by atoms with Gasteiger partial charge in [-0.1, -0.05) is 19.4 Å². The van der Waals surface area contributed by atoms with E-state index in [1.165, 1.54) is 43.2 Å². The van der Waals surface area contributed by atoms with Gasteiger partial charge in [0.25, 0.3) is 0 Å². The van der Waals surface area contributed by atoms with Crippen LogP contribution in [0.1, 0.15) is 56.1 Å². The zero-order valence-electron chi connectivity index (χ0n) is 11.1. The maximum Gasteiger partial charge on any atom is 0.0302 e. The molecule has 2 rings (SSSR count). The standard InChI is InChI=1S/C15H24N2/c1-3-7-17-15-6-4-5-13(9-15)14-8-12(2)10-16-11-14/h8,10-11,13,15,17H,3-7,9H2,1-2H3. The van der Waals surface area contributed by atoms with E-state index in [1.54, 1.807) is 0 Å². The van der Waals surface area contributed by atoms with Crippen molar-refractivity contribution in [2.45, 2.75) is 57.9 Å². The summed E-state index contributed by atoms with van der Waals surface area (Å²) in [6, 6.07) is 3.02. The van der Waals surface area contributed by atoms with Crippen LogP contribution >= 0.6 is 0 Å². The second-order valence-corrected chi connectivity index (χ2v) is 5.31. The van der Waals surface area contributed by atoms with Crippen molar-refractivity contribution in [2.24, 2.45) is 0 Å². The first kappa shape index (κ1) is 12.6. The van der Waals surface area contributed by atoms with Crippen molar-refractivity contribution in [3.8, 4) is 0 Å². The van der Waals surface area contributed by atoms with Crippen LogP contribution in [0.25, 0.3) is 0 Å². The highest BCUT2D eigenvalue weighted by molar-refractivity contribution is 5.21. The normalized spacial score (nSPS) is 24.8. The molecule has 1 heterocycles. The van der Waals surface area contributed by atoms with Crippen LogP contribution in [-0.2, 0) is 0 Å². The lowest BCUT2D eigenvalue weighted by molar-refractivity contribution is 0.340. The van der Waals surface area contributed by atoms with E-state index in [9.17, 15) is 0 Å². The number of aryl methyl sites for hydroxylation is 1. The minimum Gasteiger partial charge on any atom is -0.314 e. The van der Waals surface area contributed by atoms with Crippen LogP contribution in [0.5, 0.6) is 0 Å². The molecular weight excluding hydrogens is 208 g/mol. The van der Waals surface area contributed by atoms with Crippen LogP contribution in [0.2, 0.25) is 0 Å². The Bertz CT molecular complexity index is 349. The van der Waals surface area contributed by atoms with Gasteiger partial charge in [0.2, 0.25) is 0 Å². The molecule has 0 saturated heterocycles.